The van der Waals surface area contributed by atoms with Crippen LogP contribution in [0.1, 0.15) is 95.9 Å². The monoisotopic (exact) mass is 512 g/mol. The molecule has 0 heterocycles. The Bertz CT molecular complexity index is 989. The van der Waals surface area contributed by atoms with E-state index in [1.54, 1.807) is 20.8 Å². The van der Waals surface area contributed by atoms with Crippen LogP contribution in [0.3, 0.4) is 0 Å². The zero-order chi connectivity index (χ0) is 27.8. The Morgan fingerprint density at radius 2 is 1.81 bits per heavy atom. The molecule has 2 rings (SSSR count). The lowest BCUT2D eigenvalue weighted by Gasteiger charge is -2.36. The molecule has 2 N–H and O–H groups in total. The molecule has 0 saturated heterocycles. The van der Waals surface area contributed by atoms with E-state index in [1.165, 1.54) is 4.90 Å². The van der Waals surface area contributed by atoms with Crippen LogP contribution in [0.15, 0.2) is 18.2 Å². The Morgan fingerprint density at radius 1 is 1.16 bits per heavy atom. The second kappa shape index (κ2) is 13.5. The first kappa shape index (κ1) is 30.1. The average molecular weight is 513 g/mol. The first-order chi connectivity index (χ1) is 17.4. The topological polar surface area (TPSA) is 112 Å². The summed E-state index contributed by atoms with van der Waals surface area (Å²) in [5.41, 5.74) is 1.74. The van der Waals surface area contributed by atoms with E-state index in [2.05, 4.69) is 16.7 Å². The van der Waals surface area contributed by atoms with Crippen molar-refractivity contribution in [2.45, 2.75) is 111 Å². The molecule has 0 radical (unpaired) electrons. The van der Waals surface area contributed by atoms with Crippen LogP contribution < -0.4 is 10.6 Å². The van der Waals surface area contributed by atoms with Crippen molar-refractivity contribution in [1.29, 1.82) is 5.26 Å². The van der Waals surface area contributed by atoms with Gasteiger partial charge in [0, 0.05) is 6.04 Å². The highest BCUT2D eigenvalue weighted by atomic mass is 16.6. The maximum Gasteiger partial charge on any atom is 0.408 e. The van der Waals surface area contributed by atoms with E-state index in [-0.39, 0.29) is 24.4 Å². The van der Waals surface area contributed by atoms with Gasteiger partial charge in [0.1, 0.15) is 24.2 Å². The summed E-state index contributed by atoms with van der Waals surface area (Å²) in [5.74, 6) is -1.03. The van der Waals surface area contributed by atoms with Crippen molar-refractivity contribution in [3.63, 3.8) is 0 Å². The van der Waals surface area contributed by atoms with Crippen molar-refractivity contribution < 1.29 is 19.1 Å². The van der Waals surface area contributed by atoms with Crippen LogP contribution in [-0.2, 0) is 14.3 Å². The number of nitrogens with zero attached hydrogens (tertiary/aromatic N) is 2. The number of amides is 3. The molecule has 3 atom stereocenters. The molecule has 204 valence electrons. The summed E-state index contributed by atoms with van der Waals surface area (Å²) in [6, 6.07) is 5.94. The average Bonchev–Trinajstić information content (AvgIpc) is 2.83. The summed E-state index contributed by atoms with van der Waals surface area (Å²) in [6.45, 7) is 12.6. The lowest BCUT2D eigenvalue weighted by molar-refractivity contribution is -0.143. The summed E-state index contributed by atoms with van der Waals surface area (Å²) >= 11 is 0. The molecule has 0 spiro atoms. The van der Waals surface area contributed by atoms with Gasteiger partial charge < -0.3 is 20.3 Å². The largest absolute Gasteiger partial charge is 0.444 e. The van der Waals surface area contributed by atoms with E-state index >= 15 is 0 Å². The van der Waals surface area contributed by atoms with Crippen LogP contribution in [0, 0.1) is 31.1 Å². The van der Waals surface area contributed by atoms with Crippen LogP contribution >= 0.6 is 0 Å². The van der Waals surface area contributed by atoms with Gasteiger partial charge in [-0.2, -0.15) is 5.26 Å². The number of nitrogens with one attached hydrogen (secondary N) is 2. The molecule has 8 heteroatoms. The van der Waals surface area contributed by atoms with E-state index in [0.717, 1.165) is 43.2 Å². The molecular weight excluding hydrogens is 468 g/mol. The number of benzene rings is 1. The van der Waals surface area contributed by atoms with Gasteiger partial charge in [0.05, 0.1) is 6.07 Å². The molecule has 0 bridgehead atoms. The lowest BCUT2D eigenvalue weighted by Crippen LogP contribution is -2.56. The van der Waals surface area contributed by atoms with Crippen molar-refractivity contribution in [1.82, 2.24) is 15.5 Å². The third-order valence-corrected chi connectivity index (χ3v) is 6.92. The second-order valence-corrected chi connectivity index (χ2v) is 11.2. The maximum absolute atomic E-state index is 14.1. The van der Waals surface area contributed by atoms with Gasteiger partial charge in [0.25, 0.3) is 0 Å². The fourth-order valence-electron chi connectivity index (χ4n) is 4.70. The molecule has 37 heavy (non-hydrogen) atoms. The number of carbonyl (C=O) groups excluding carboxylic acids is 3. The predicted octanol–water partition coefficient (Wildman–Crippen LogP) is 5.09. The van der Waals surface area contributed by atoms with Gasteiger partial charge in [-0.05, 0) is 64.5 Å². The smallest absolute Gasteiger partial charge is 0.408 e. The number of hydrogen-bond acceptors (Lipinski definition) is 5. The summed E-state index contributed by atoms with van der Waals surface area (Å²) in [5, 5.41) is 15.6. The van der Waals surface area contributed by atoms with E-state index in [0.29, 0.717) is 12.0 Å². The van der Waals surface area contributed by atoms with Crippen molar-refractivity contribution >= 4 is 17.9 Å². The van der Waals surface area contributed by atoms with Gasteiger partial charge >= 0.3 is 6.09 Å². The van der Waals surface area contributed by atoms with Crippen LogP contribution in [0.5, 0.6) is 0 Å². The van der Waals surface area contributed by atoms with Gasteiger partial charge in [-0.25, -0.2) is 4.79 Å². The van der Waals surface area contributed by atoms with Crippen LogP contribution in [0.2, 0.25) is 0 Å². The zero-order valence-corrected chi connectivity index (χ0v) is 23.5. The Hall–Kier alpha value is -3.08. The highest BCUT2D eigenvalue weighted by Gasteiger charge is 2.39. The van der Waals surface area contributed by atoms with Gasteiger partial charge in [-0.15, -0.1) is 0 Å². The van der Waals surface area contributed by atoms with Gasteiger partial charge in [-0.1, -0.05) is 63.3 Å². The fraction of sp³-hybridized carbons (Fsp3) is 0.655. The SMILES string of the molecule is CCC(C)C(NC(=O)OC(C)(C)C)C(=O)N(CC#N)C(C(=O)NC1CCCCC1)c1cc(C)ccc1C. The van der Waals surface area contributed by atoms with Gasteiger partial charge in [0.2, 0.25) is 11.8 Å². The van der Waals surface area contributed by atoms with Crippen molar-refractivity contribution in [3.05, 3.63) is 34.9 Å². The lowest BCUT2D eigenvalue weighted by atomic mass is 9.92. The molecule has 3 amide bonds. The highest BCUT2D eigenvalue weighted by molar-refractivity contribution is 5.92. The molecule has 1 aliphatic rings. The van der Waals surface area contributed by atoms with Gasteiger partial charge in [-0.3, -0.25) is 9.59 Å². The van der Waals surface area contributed by atoms with Crippen LogP contribution in [0.25, 0.3) is 0 Å². The molecule has 0 aliphatic heterocycles. The minimum atomic E-state index is -0.999. The minimum Gasteiger partial charge on any atom is -0.444 e. The van der Waals surface area contributed by atoms with Crippen molar-refractivity contribution in [2.24, 2.45) is 5.92 Å². The summed E-state index contributed by atoms with van der Waals surface area (Å²) in [4.78, 5) is 41.9. The number of hydrogen-bond donors (Lipinski definition) is 2. The highest BCUT2D eigenvalue weighted by Crippen LogP contribution is 2.29. The van der Waals surface area contributed by atoms with E-state index in [4.69, 9.17) is 4.74 Å². The van der Waals surface area contributed by atoms with Gasteiger partial charge in [0.15, 0.2) is 0 Å². The minimum absolute atomic E-state index is 0.0400. The Labute approximate surface area is 222 Å². The molecule has 3 unspecified atom stereocenters. The summed E-state index contributed by atoms with van der Waals surface area (Å²) < 4.78 is 5.42. The normalized spacial score (nSPS) is 16.6. The number of aryl methyl sites for hydroxylation is 2. The zero-order valence-electron chi connectivity index (χ0n) is 23.5. The van der Waals surface area contributed by atoms with Crippen molar-refractivity contribution in [3.8, 4) is 6.07 Å². The molecular formula is C29H44N4O4. The molecule has 1 aromatic carbocycles. The first-order valence-corrected chi connectivity index (χ1v) is 13.4. The Kier molecular flexibility index (Phi) is 11.0. The van der Waals surface area contributed by atoms with Crippen molar-refractivity contribution in [2.75, 3.05) is 6.54 Å². The standard InChI is InChI=1S/C29H44N4O4/c1-8-20(3)24(32-28(36)37-29(5,6)7)27(35)33(17-16-30)25(23-18-19(2)14-15-21(23)4)26(34)31-22-12-10-9-11-13-22/h14-15,18,20,22,24-25H,8-13,17H2,1-7H3,(H,31,34)(H,32,36). The number of rotatable bonds is 9. The molecule has 1 fully saturated rings. The quantitative estimate of drug-likeness (QED) is 0.448. The third-order valence-electron chi connectivity index (χ3n) is 6.92. The number of alkyl carbamates (subject to hydrolysis) is 1. The Morgan fingerprint density at radius 3 is 2.38 bits per heavy atom. The summed E-state index contributed by atoms with van der Waals surface area (Å²) in [6.07, 6.45) is 4.94. The Balaban J connectivity index is 2.51. The van der Waals surface area contributed by atoms with Crippen LogP contribution in [0.4, 0.5) is 4.79 Å². The summed E-state index contributed by atoms with van der Waals surface area (Å²) in [7, 11) is 0. The number of carbonyl (C=O) groups is 3. The number of nitriles is 1. The molecule has 0 aromatic heterocycles. The second-order valence-electron chi connectivity index (χ2n) is 11.2. The van der Waals surface area contributed by atoms with E-state index < -0.39 is 29.7 Å². The number of ether oxygens (including phenoxy) is 1. The molecule has 8 nitrogen and oxygen atoms in total. The fourth-order valence-corrected chi connectivity index (χ4v) is 4.70. The third kappa shape index (κ3) is 8.77. The van der Waals surface area contributed by atoms with E-state index in [1.807, 2.05) is 45.9 Å². The molecule has 1 saturated carbocycles. The predicted molar refractivity (Wildman–Crippen MR) is 144 cm³/mol. The van der Waals surface area contributed by atoms with E-state index in [9.17, 15) is 19.6 Å². The maximum atomic E-state index is 14.1. The molecule has 1 aromatic rings. The first-order valence-electron chi connectivity index (χ1n) is 13.4. The molecule has 1 aliphatic carbocycles. The van der Waals surface area contributed by atoms with Crippen LogP contribution in [-0.4, -0.2) is 47.0 Å².